The van der Waals surface area contributed by atoms with Gasteiger partial charge in [-0.15, -0.1) is 11.3 Å². The van der Waals surface area contributed by atoms with Crippen LogP contribution in [0.15, 0.2) is 41.3 Å². The second kappa shape index (κ2) is 8.06. The Labute approximate surface area is 162 Å². The number of likely N-dealkylation sites (tertiary alicyclic amines) is 1. The van der Waals surface area contributed by atoms with Crippen molar-refractivity contribution in [3.8, 4) is 0 Å². The number of amides is 1. The largest absolute Gasteiger partial charge is 0.507 e. The molecule has 0 aliphatic carbocycles. The third kappa shape index (κ3) is 3.68. The van der Waals surface area contributed by atoms with Crippen molar-refractivity contribution < 1.29 is 19.4 Å². The first kappa shape index (κ1) is 19.3. The van der Waals surface area contributed by atoms with Crippen molar-refractivity contribution in [3.05, 3.63) is 62.9 Å². The third-order valence-corrected chi connectivity index (χ3v) is 5.67. The van der Waals surface area contributed by atoms with E-state index in [2.05, 4.69) is 0 Å². The molecule has 2 aromatic rings. The minimum atomic E-state index is -0.635. The molecule has 0 bridgehead atoms. The van der Waals surface area contributed by atoms with Crippen LogP contribution >= 0.6 is 11.3 Å². The fraction of sp³-hybridized carbons (Fsp3) is 0.333. The van der Waals surface area contributed by atoms with Gasteiger partial charge in [0.25, 0.3) is 11.7 Å². The van der Waals surface area contributed by atoms with Crippen molar-refractivity contribution in [1.82, 2.24) is 4.90 Å². The molecule has 6 heteroatoms. The van der Waals surface area contributed by atoms with E-state index in [0.29, 0.717) is 25.1 Å². The van der Waals surface area contributed by atoms with Gasteiger partial charge in [0, 0.05) is 30.7 Å². The van der Waals surface area contributed by atoms with E-state index in [4.69, 9.17) is 4.74 Å². The molecule has 2 heterocycles. The Morgan fingerprint density at radius 2 is 2.04 bits per heavy atom. The first-order valence-corrected chi connectivity index (χ1v) is 9.72. The minimum Gasteiger partial charge on any atom is -0.507 e. The molecule has 27 heavy (non-hydrogen) atoms. The molecule has 1 saturated heterocycles. The standard InChI is InChI=1S/C21H23NO4S/c1-13-7-8-14(2)15(12-13)19(23)17-18(16-6-4-11-27-16)22(9-5-10-26-3)21(25)20(17)24/h4,6-8,11-12,18,23H,5,9-10H2,1-3H3. The fourth-order valence-electron chi connectivity index (χ4n) is 3.37. The molecular weight excluding hydrogens is 362 g/mol. The highest BCUT2D eigenvalue weighted by Crippen LogP contribution is 2.41. The van der Waals surface area contributed by atoms with E-state index in [1.807, 2.05) is 49.6 Å². The number of methoxy groups -OCH3 is 1. The maximum atomic E-state index is 12.8. The molecule has 0 radical (unpaired) electrons. The summed E-state index contributed by atoms with van der Waals surface area (Å²) in [4.78, 5) is 27.9. The van der Waals surface area contributed by atoms with Gasteiger partial charge >= 0.3 is 0 Å². The molecule has 1 N–H and O–H groups in total. The number of hydrogen-bond donors (Lipinski definition) is 1. The predicted octanol–water partition coefficient (Wildman–Crippen LogP) is 3.82. The van der Waals surface area contributed by atoms with Crippen LogP contribution in [0.2, 0.25) is 0 Å². The summed E-state index contributed by atoms with van der Waals surface area (Å²) in [6.45, 7) is 4.70. The quantitative estimate of drug-likeness (QED) is 0.355. The normalized spacial score (nSPS) is 19.1. The van der Waals surface area contributed by atoms with Crippen molar-refractivity contribution >= 4 is 28.8 Å². The van der Waals surface area contributed by atoms with Crippen molar-refractivity contribution in [1.29, 1.82) is 0 Å². The molecule has 1 aliphatic heterocycles. The first-order chi connectivity index (χ1) is 13.0. The first-order valence-electron chi connectivity index (χ1n) is 8.84. The van der Waals surface area contributed by atoms with E-state index in [1.165, 1.54) is 11.3 Å². The lowest BCUT2D eigenvalue weighted by Crippen LogP contribution is -2.31. The van der Waals surface area contributed by atoms with Gasteiger partial charge in [0.05, 0.1) is 11.6 Å². The number of benzene rings is 1. The number of thiophene rings is 1. The van der Waals surface area contributed by atoms with Crippen molar-refractivity contribution in [2.24, 2.45) is 0 Å². The number of Topliss-reactive ketones (excluding diaryl/α,β-unsaturated/α-hetero) is 1. The molecule has 5 nitrogen and oxygen atoms in total. The molecule has 3 rings (SSSR count). The van der Waals surface area contributed by atoms with Crippen molar-refractivity contribution in [2.45, 2.75) is 26.3 Å². The van der Waals surface area contributed by atoms with Crippen molar-refractivity contribution in [2.75, 3.05) is 20.3 Å². The Morgan fingerprint density at radius 3 is 2.70 bits per heavy atom. The lowest BCUT2D eigenvalue weighted by Gasteiger charge is -2.24. The Hall–Kier alpha value is -2.44. The van der Waals surface area contributed by atoms with Crippen LogP contribution in [0.4, 0.5) is 0 Å². The highest BCUT2D eigenvalue weighted by molar-refractivity contribution is 7.10. The molecule has 1 atom stereocenters. The van der Waals surface area contributed by atoms with Crippen LogP contribution in [0.25, 0.3) is 5.76 Å². The molecule has 1 fully saturated rings. The topological polar surface area (TPSA) is 66.8 Å². The van der Waals surface area contributed by atoms with Crippen LogP contribution in [0.3, 0.4) is 0 Å². The number of hydrogen-bond acceptors (Lipinski definition) is 5. The van der Waals surface area contributed by atoms with Gasteiger partial charge in [-0.25, -0.2) is 0 Å². The summed E-state index contributed by atoms with van der Waals surface area (Å²) in [6, 6.07) is 8.90. The number of ether oxygens (including phenoxy) is 1. The lowest BCUT2D eigenvalue weighted by atomic mass is 9.96. The van der Waals surface area contributed by atoms with Gasteiger partial charge in [0.1, 0.15) is 5.76 Å². The highest BCUT2D eigenvalue weighted by atomic mass is 32.1. The number of ketones is 1. The van der Waals surface area contributed by atoms with Gasteiger partial charge in [0.15, 0.2) is 0 Å². The maximum Gasteiger partial charge on any atom is 0.295 e. The average Bonchev–Trinajstić information content (AvgIpc) is 3.25. The van der Waals surface area contributed by atoms with E-state index in [9.17, 15) is 14.7 Å². The van der Waals surface area contributed by atoms with Crippen LogP contribution < -0.4 is 0 Å². The van der Waals surface area contributed by atoms with Crippen LogP contribution in [0.1, 0.15) is 34.0 Å². The van der Waals surface area contributed by atoms with E-state index in [0.717, 1.165) is 16.0 Å². The van der Waals surface area contributed by atoms with Gasteiger partial charge in [-0.05, 0) is 43.3 Å². The molecule has 1 amide bonds. The monoisotopic (exact) mass is 385 g/mol. The zero-order valence-corrected chi connectivity index (χ0v) is 16.5. The molecule has 1 aliphatic rings. The summed E-state index contributed by atoms with van der Waals surface area (Å²) < 4.78 is 5.08. The zero-order chi connectivity index (χ0) is 19.6. The second-order valence-electron chi connectivity index (χ2n) is 6.67. The van der Waals surface area contributed by atoms with E-state index >= 15 is 0 Å². The summed E-state index contributed by atoms with van der Waals surface area (Å²) in [6.07, 6.45) is 0.620. The molecular formula is C21H23NO4S. The highest BCUT2D eigenvalue weighted by Gasteiger charge is 2.46. The van der Waals surface area contributed by atoms with E-state index in [-0.39, 0.29) is 11.3 Å². The number of nitrogens with zero attached hydrogens (tertiary/aromatic N) is 1. The van der Waals surface area contributed by atoms with Gasteiger partial charge in [-0.3, -0.25) is 9.59 Å². The number of rotatable bonds is 6. The summed E-state index contributed by atoms with van der Waals surface area (Å²) >= 11 is 1.47. The number of aryl methyl sites for hydroxylation is 2. The van der Waals surface area contributed by atoms with Crippen LogP contribution in [-0.4, -0.2) is 42.0 Å². The summed E-state index contributed by atoms with van der Waals surface area (Å²) in [5.74, 6) is -1.32. The minimum absolute atomic E-state index is 0.109. The van der Waals surface area contributed by atoms with E-state index < -0.39 is 17.7 Å². The Balaban J connectivity index is 2.12. The smallest absolute Gasteiger partial charge is 0.295 e. The van der Waals surface area contributed by atoms with Crippen LogP contribution in [0, 0.1) is 13.8 Å². The third-order valence-electron chi connectivity index (χ3n) is 4.75. The Kier molecular flexibility index (Phi) is 5.77. The summed E-state index contributed by atoms with van der Waals surface area (Å²) in [5.41, 5.74) is 2.58. The number of aliphatic hydroxyl groups is 1. The fourth-order valence-corrected chi connectivity index (χ4v) is 4.21. The van der Waals surface area contributed by atoms with Crippen LogP contribution in [0.5, 0.6) is 0 Å². The van der Waals surface area contributed by atoms with E-state index in [1.54, 1.807) is 12.0 Å². The average molecular weight is 385 g/mol. The SMILES string of the molecule is COCCCN1C(=O)C(=O)C(=C(O)c2cc(C)ccc2C)C1c1cccs1. The molecule has 142 valence electrons. The second-order valence-corrected chi connectivity index (χ2v) is 7.65. The van der Waals surface area contributed by atoms with Gasteiger partial charge in [-0.2, -0.15) is 0 Å². The molecule has 1 aromatic heterocycles. The molecule has 0 spiro atoms. The Morgan fingerprint density at radius 1 is 1.26 bits per heavy atom. The summed E-state index contributed by atoms with van der Waals surface area (Å²) in [7, 11) is 1.60. The lowest BCUT2D eigenvalue weighted by molar-refractivity contribution is -0.140. The number of aliphatic hydroxyl groups excluding tert-OH is 1. The summed E-state index contributed by atoms with van der Waals surface area (Å²) in [5, 5.41) is 12.9. The molecule has 1 aromatic carbocycles. The predicted molar refractivity (Wildman–Crippen MR) is 106 cm³/mol. The Bertz CT molecular complexity index is 886. The van der Waals surface area contributed by atoms with Crippen molar-refractivity contribution in [3.63, 3.8) is 0 Å². The van der Waals surface area contributed by atoms with Gasteiger partial charge < -0.3 is 14.7 Å². The van der Waals surface area contributed by atoms with Crippen LogP contribution in [-0.2, 0) is 14.3 Å². The molecule has 1 unspecified atom stereocenters. The number of carbonyl (C=O) groups excluding carboxylic acids is 2. The van der Waals surface area contributed by atoms with Gasteiger partial charge in [0.2, 0.25) is 0 Å². The zero-order valence-electron chi connectivity index (χ0n) is 15.7. The number of carbonyl (C=O) groups is 2. The molecule has 0 saturated carbocycles. The van der Waals surface area contributed by atoms with Gasteiger partial charge in [-0.1, -0.05) is 23.8 Å². The maximum absolute atomic E-state index is 12.8.